The summed E-state index contributed by atoms with van der Waals surface area (Å²) in [6.45, 7) is 5.17. The van der Waals surface area contributed by atoms with Gasteiger partial charge in [-0.15, -0.1) is 0 Å². The molecule has 2 rings (SSSR count). The highest BCUT2D eigenvalue weighted by molar-refractivity contribution is 7.98. The second-order valence-electron chi connectivity index (χ2n) is 5.95. The Bertz CT molecular complexity index is 703. The van der Waals surface area contributed by atoms with Crippen LogP contribution < -0.4 is 10.6 Å². The molecule has 0 bridgehead atoms. The van der Waals surface area contributed by atoms with Gasteiger partial charge in [0.15, 0.2) is 5.11 Å². The van der Waals surface area contributed by atoms with Crippen LogP contribution >= 0.6 is 47.2 Å². The van der Waals surface area contributed by atoms with E-state index >= 15 is 0 Å². The molecule has 0 saturated carbocycles. The smallest absolute Gasteiger partial charge is 0.170 e. The van der Waals surface area contributed by atoms with E-state index in [1.807, 2.05) is 12.1 Å². The molecule has 0 fully saturated rings. The van der Waals surface area contributed by atoms with Crippen LogP contribution in [0.25, 0.3) is 0 Å². The molecule has 6 heteroatoms. The van der Waals surface area contributed by atoms with Crippen molar-refractivity contribution in [1.82, 2.24) is 5.32 Å². The Hall–Kier alpha value is -0.940. The number of hydrogen-bond donors (Lipinski definition) is 2. The van der Waals surface area contributed by atoms with Crippen molar-refractivity contribution in [2.24, 2.45) is 0 Å². The third-order valence-corrected chi connectivity index (χ3v) is 5.48. The van der Waals surface area contributed by atoms with E-state index in [1.165, 1.54) is 5.56 Å². The lowest BCUT2D eigenvalue weighted by atomic mass is 10.0. The Morgan fingerprint density at radius 2 is 1.84 bits per heavy atom. The standard InChI is InChI=1S/C19H22Cl2N2S2/c1-13(2)14-4-7-17(8-5-14)23-19(24)22-9-10-25-12-15-3-6-16(20)11-18(15)21/h3-8,11,13H,9-10,12H2,1-2H3,(H2,22,23,24). The minimum atomic E-state index is 0.533. The molecule has 2 nitrogen and oxygen atoms in total. The third-order valence-electron chi connectivity index (χ3n) is 3.64. The number of anilines is 1. The van der Waals surface area contributed by atoms with E-state index in [2.05, 4.69) is 48.7 Å². The third kappa shape index (κ3) is 7.06. The van der Waals surface area contributed by atoms with Gasteiger partial charge in [0.25, 0.3) is 0 Å². The van der Waals surface area contributed by atoms with Crippen molar-refractivity contribution in [3.05, 3.63) is 63.6 Å². The fraction of sp³-hybridized carbons (Fsp3) is 0.316. The van der Waals surface area contributed by atoms with Crippen LogP contribution in [0.2, 0.25) is 10.0 Å². The molecule has 0 aliphatic rings. The van der Waals surface area contributed by atoms with Gasteiger partial charge in [-0.3, -0.25) is 0 Å². The molecule has 0 aliphatic carbocycles. The van der Waals surface area contributed by atoms with Crippen molar-refractivity contribution in [3.8, 4) is 0 Å². The van der Waals surface area contributed by atoms with E-state index in [-0.39, 0.29) is 0 Å². The van der Waals surface area contributed by atoms with Gasteiger partial charge in [0.05, 0.1) is 0 Å². The lowest BCUT2D eigenvalue weighted by Gasteiger charge is -2.12. The Morgan fingerprint density at radius 3 is 2.48 bits per heavy atom. The summed E-state index contributed by atoms with van der Waals surface area (Å²) in [4.78, 5) is 0. The van der Waals surface area contributed by atoms with E-state index in [4.69, 9.17) is 35.4 Å². The largest absolute Gasteiger partial charge is 0.362 e. The fourth-order valence-electron chi connectivity index (χ4n) is 2.18. The van der Waals surface area contributed by atoms with E-state index in [1.54, 1.807) is 17.8 Å². The lowest BCUT2D eigenvalue weighted by Crippen LogP contribution is -2.30. The van der Waals surface area contributed by atoms with Gasteiger partial charge in [0.2, 0.25) is 0 Å². The highest BCUT2D eigenvalue weighted by Gasteiger charge is 2.03. The Balaban J connectivity index is 1.66. The molecule has 2 N–H and O–H groups in total. The van der Waals surface area contributed by atoms with Crippen LogP contribution in [0.1, 0.15) is 30.9 Å². The summed E-state index contributed by atoms with van der Waals surface area (Å²) < 4.78 is 0. The molecule has 2 aromatic carbocycles. The summed E-state index contributed by atoms with van der Waals surface area (Å²) in [5.41, 5.74) is 3.42. The van der Waals surface area contributed by atoms with E-state index in [9.17, 15) is 0 Å². The van der Waals surface area contributed by atoms with Crippen molar-refractivity contribution >= 4 is 58.0 Å². The number of rotatable bonds is 7. The van der Waals surface area contributed by atoms with Gasteiger partial charge in [-0.25, -0.2) is 0 Å². The summed E-state index contributed by atoms with van der Waals surface area (Å²) in [5.74, 6) is 2.33. The lowest BCUT2D eigenvalue weighted by molar-refractivity contribution is 0.867. The molecular weight excluding hydrogens is 391 g/mol. The van der Waals surface area contributed by atoms with Crippen molar-refractivity contribution in [2.45, 2.75) is 25.5 Å². The molecule has 134 valence electrons. The van der Waals surface area contributed by atoms with Gasteiger partial charge in [-0.2, -0.15) is 11.8 Å². The molecule has 0 unspecified atom stereocenters. The number of nitrogens with one attached hydrogen (secondary N) is 2. The van der Waals surface area contributed by atoms with Crippen LogP contribution in [0.5, 0.6) is 0 Å². The molecule has 0 heterocycles. The molecular formula is C19H22Cl2N2S2. The number of hydrogen-bond acceptors (Lipinski definition) is 2. The molecule has 0 spiro atoms. The second kappa shape index (κ2) is 10.3. The maximum atomic E-state index is 6.17. The Labute approximate surface area is 169 Å². The topological polar surface area (TPSA) is 24.1 Å². The normalized spacial score (nSPS) is 10.8. The average Bonchev–Trinajstić information content (AvgIpc) is 2.56. The van der Waals surface area contributed by atoms with Crippen LogP contribution in [0.4, 0.5) is 5.69 Å². The molecule has 0 amide bonds. The molecule has 0 atom stereocenters. The van der Waals surface area contributed by atoms with Crippen LogP contribution in [0, 0.1) is 0 Å². The molecule has 0 aliphatic heterocycles. The fourth-order valence-corrected chi connectivity index (χ4v) is 3.82. The number of thiocarbonyl (C=S) groups is 1. The summed E-state index contributed by atoms with van der Waals surface area (Å²) in [6.07, 6.45) is 0. The Kier molecular flexibility index (Phi) is 8.37. The molecule has 0 saturated heterocycles. The van der Waals surface area contributed by atoms with E-state index in [0.29, 0.717) is 16.1 Å². The minimum absolute atomic E-state index is 0.533. The van der Waals surface area contributed by atoms with E-state index in [0.717, 1.165) is 34.3 Å². The van der Waals surface area contributed by atoms with Crippen LogP contribution in [0.3, 0.4) is 0 Å². The highest BCUT2D eigenvalue weighted by Crippen LogP contribution is 2.24. The first-order valence-corrected chi connectivity index (χ1v) is 10.4. The summed E-state index contributed by atoms with van der Waals surface area (Å²) in [5, 5.41) is 8.45. The van der Waals surface area contributed by atoms with Gasteiger partial charge >= 0.3 is 0 Å². The van der Waals surface area contributed by atoms with Crippen molar-refractivity contribution in [3.63, 3.8) is 0 Å². The van der Waals surface area contributed by atoms with Gasteiger partial charge in [-0.1, -0.05) is 55.2 Å². The summed E-state index contributed by atoms with van der Waals surface area (Å²) >= 11 is 19.2. The van der Waals surface area contributed by atoms with Crippen LogP contribution in [0.15, 0.2) is 42.5 Å². The quantitative estimate of drug-likeness (QED) is 0.409. The van der Waals surface area contributed by atoms with Crippen LogP contribution in [-0.2, 0) is 5.75 Å². The number of halogens is 2. The Morgan fingerprint density at radius 1 is 1.12 bits per heavy atom. The first-order chi connectivity index (χ1) is 12.0. The summed E-state index contributed by atoms with van der Waals surface area (Å²) in [6, 6.07) is 14.0. The predicted octanol–water partition coefficient (Wildman–Crippen LogP) is 6.34. The molecule has 0 aromatic heterocycles. The highest BCUT2D eigenvalue weighted by atomic mass is 35.5. The van der Waals surface area contributed by atoms with Crippen molar-refractivity contribution in [2.75, 3.05) is 17.6 Å². The zero-order chi connectivity index (χ0) is 18.2. The zero-order valence-corrected chi connectivity index (χ0v) is 17.5. The first kappa shape index (κ1) is 20.4. The maximum absolute atomic E-state index is 6.17. The van der Waals surface area contributed by atoms with Crippen molar-refractivity contribution in [1.29, 1.82) is 0 Å². The second-order valence-corrected chi connectivity index (χ2v) is 8.30. The average molecular weight is 413 g/mol. The minimum Gasteiger partial charge on any atom is -0.362 e. The zero-order valence-electron chi connectivity index (χ0n) is 14.3. The van der Waals surface area contributed by atoms with Gasteiger partial charge in [0, 0.05) is 33.8 Å². The van der Waals surface area contributed by atoms with Gasteiger partial charge in [-0.05, 0) is 53.5 Å². The number of thioether (sulfide) groups is 1. The monoisotopic (exact) mass is 412 g/mol. The van der Waals surface area contributed by atoms with Crippen molar-refractivity contribution < 1.29 is 0 Å². The molecule has 25 heavy (non-hydrogen) atoms. The SMILES string of the molecule is CC(C)c1ccc(NC(=S)NCCSCc2ccc(Cl)cc2Cl)cc1. The number of benzene rings is 2. The van der Waals surface area contributed by atoms with Crippen LogP contribution in [-0.4, -0.2) is 17.4 Å². The van der Waals surface area contributed by atoms with E-state index < -0.39 is 0 Å². The van der Waals surface area contributed by atoms with Gasteiger partial charge in [0.1, 0.15) is 0 Å². The van der Waals surface area contributed by atoms with Gasteiger partial charge < -0.3 is 10.6 Å². The molecule has 0 radical (unpaired) electrons. The maximum Gasteiger partial charge on any atom is 0.170 e. The summed E-state index contributed by atoms with van der Waals surface area (Å²) in [7, 11) is 0. The predicted molar refractivity (Wildman–Crippen MR) is 117 cm³/mol. The first-order valence-electron chi connectivity index (χ1n) is 8.12. The molecule has 2 aromatic rings.